The van der Waals surface area contributed by atoms with Crippen LogP contribution >= 0.6 is 0 Å². The topological polar surface area (TPSA) is 67.4 Å². The Balaban J connectivity index is 1.67. The third-order valence-corrected chi connectivity index (χ3v) is 3.25. The first-order valence-electron chi connectivity index (χ1n) is 6.62. The van der Waals surface area contributed by atoms with Crippen LogP contribution in [0, 0.1) is 0 Å². The molecule has 106 valence electrons. The van der Waals surface area contributed by atoms with E-state index in [9.17, 15) is 9.59 Å². The summed E-state index contributed by atoms with van der Waals surface area (Å²) >= 11 is 0. The Kier molecular flexibility index (Phi) is 3.55. The molecule has 5 nitrogen and oxygen atoms in total. The SMILES string of the molecule is O=C1N[C@@H](C(=O)Nc2ccc(-c3ccccc3)cc2)CO1. The lowest BCUT2D eigenvalue weighted by molar-refractivity contribution is -0.117. The highest BCUT2D eigenvalue weighted by atomic mass is 16.6. The number of carbonyl (C=O) groups is 2. The summed E-state index contributed by atoms with van der Waals surface area (Å²) in [6, 6.07) is 16.9. The van der Waals surface area contributed by atoms with Gasteiger partial charge in [0, 0.05) is 5.69 Å². The van der Waals surface area contributed by atoms with Crippen LogP contribution in [0.15, 0.2) is 54.6 Å². The number of rotatable bonds is 3. The largest absolute Gasteiger partial charge is 0.447 e. The summed E-state index contributed by atoms with van der Waals surface area (Å²) < 4.78 is 4.69. The molecule has 3 rings (SSSR count). The Morgan fingerprint density at radius 1 is 1.05 bits per heavy atom. The summed E-state index contributed by atoms with van der Waals surface area (Å²) in [5.74, 6) is -0.284. The van der Waals surface area contributed by atoms with Crippen molar-refractivity contribution in [3.05, 3.63) is 54.6 Å². The molecule has 2 aromatic carbocycles. The third kappa shape index (κ3) is 3.02. The number of benzene rings is 2. The van der Waals surface area contributed by atoms with E-state index in [1.807, 2.05) is 54.6 Å². The van der Waals surface area contributed by atoms with Gasteiger partial charge >= 0.3 is 6.09 Å². The smallest absolute Gasteiger partial charge is 0.407 e. The summed E-state index contributed by atoms with van der Waals surface area (Å²) in [5, 5.41) is 5.19. The van der Waals surface area contributed by atoms with Crippen LogP contribution in [0.1, 0.15) is 0 Å². The second-order valence-corrected chi connectivity index (χ2v) is 4.73. The molecule has 21 heavy (non-hydrogen) atoms. The average molecular weight is 282 g/mol. The van der Waals surface area contributed by atoms with Crippen LogP contribution in [-0.4, -0.2) is 24.6 Å². The highest BCUT2D eigenvalue weighted by Gasteiger charge is 2.28. The van der Waals surface area contributed by atoms with Gasteiger partial charge in [-0.3, -0.25) is 4.79 Å². The molecule has 0 aliphatic carbocycles. The molecule has 2 amide bonds. The van der Waals surface area contributed by atoms with E-state index in [0.29, 0.717) is 5.69 Å². The maximum atomic E-state index is 11.9. The van der Waals surface area contributed by atoms with E-state index in [-0.39, 0.29) is 12.5 Å². The fraction of sp³-hybridized carbons (Fsp3) is 0.125. The molecule has 2 N–H and O–H groups in total. The maximum absolute atomic E-state index is 11.9. The molecule has 0 unspecified atom stereocenters. The molecule has 5 heteroatoms. The highest BCUT2D eigenvalue weighted by molar-refractivity contribution is 5.97. The van der Waals surface area contributed by atoms with Crippen LogP contribution in [0.4, 0.5) is 10.5 Å². The van der Waals surface area contributed by atoms with Crippen molar-refractivity contribution in [2.45, 2.75) is 6.04 Å². The quantitative estimate of drug-likeness (QED) is 0.908. The minimum atomic E-state index is -0.633. The fourth-order valence-electron chi connectivity index (χ4n) is 2.13. The van der Waals surface area contributed by atoms with Crippen LogP contribution in [0.2, 0.25) is 0 Å². The zero-order chi connectivity index (χ0) is 14.7. The van der Waals surface area contributed by atoms with Crippen LogP contribution in [-0.2, 0) is 9.53 Å². The molecule has 0 radical (unpaired) electrons. The van der Waals surface area contributed by atoms with E-state index >= 15 is 0 Å². The zero-order valence-corrected chi connectivity index (χ0v) is 11.2. The summed E-state index contributed by atoms with van der Waals surface area (Å²) in [7, 11) is 0. The van der Waals surface area contributed by atoms with Gasteiger partial charge in [-0.15, -0.1) is 0 Å². The zero-order valence-electron chi connectivity index (χ0n) is 11.2. The summed E-state index contributed by atoms with van der Waals surface area (Å²) in [6.45, 7) is 0.0623. The Morgan fingerprint density at radius 3 is 2.33 bits per heavy atom. The predicted molar refractivity (Wildman–Crippen MR) is 78.8 cm³/mol. The lowest BCUT2D eigenvalue weighted by Gasteiger charge is -2.09. The molecule has 1 heterocycles. The van der Waals surface area contributed by atoms with E-state index < -0.39 is 12.1 Å². The monoisotopic (exact) mass is 282 g/mol. The van der Waals surface area contributed by atoms with Crippen LogP contribution in [0.5, 0.6) is 0 Å². The number of alkyl carbamates (subject to hydrolysis) is 1. The molecule has 1 aliphatic heterocycles. The Morgan fingerprint density at radius 2 is 1.71 bits per heavy atom. The van der Waals surface area contributed by atoms with Gasteiger partial charge in [0.25, 0.3) is 5.91 Å². The molecule has 0 bridgehead atoms. The molecule has 0 saturated carbocycles. The molecular formula is C16H14N2O3. The first-order chi connectivity index (χ1) is 10.2. The van der Waals surface area contributed by atoms with Crippen molar-refractivity contribution in [2.75, 3.05) is 11.9 Å². The summed E-state index contributed by atoms with van der Waals surface area (Å²) in [6.07, 6.45) is -0.561. The van der Waals surface area contributed by atoms with Gasteiger partial charge in [-0.05, 0) is 23.3 Å². The van der Waals surface area contributed by atoms with Crippen LogP contribution in [0.25, 0.3) is 11.1 Å². The van der Waals surface area contributed by atoms with Crippen molar-refractivity contribution in [1.82, 2.24) is 5.32 Å². The van der Waals surface area contributed by atoms with Crippen molar-refractivity contribution in [3.63, 3.8) is 0 Å². The predicted octanol–water partition coefficient (Wildman–Crippen LogP) is 2.40. The maximum Gasteiger partial charge on any atom is 0.407 e. The van der Waals surface area contributed by atoms with E-state index in [1.54, 1.807) is 0 Å². The van der Waals surface area contributed by atoms with Crippen molar-refractivity contribution < 1.29 is 14.3 Å². The van der Waals surface area contributed by atoms with Gasteiger partial charge in [-0.1, -0.05) is 42.5 Å². The molecule has 1 atom stereocenters. The molecule has 1 aliphatic rings. The number of hydrogen-bond donors (Lipinski definition) is 2. The molecule has 0 aromatic heterocycles. The highest BCUT2D eigenvalue weighted by Crippen LogP contribution is 2.21. The number of nitrogens with one attached hydrogen (secondary N) is 2. The van der Waals surface area contributed by atoms with Crippen LogP contribution in [0.3, 0.4) is 0 Å². The third-order valence-electron chi connectivity index (χ3n) is 3.25. The van der Waals surface area contributed by atoms with Crippen molar-refractivity contribution in [1.29, 1.82) is 0 Å². The van der Waals surface area contributed by atoms with Crippen molar-refractivity contribution in [3.8, 4) is 11.1 Å². The lowest BCUT2D eigenvalue weighted by Crippen LogP contribution is -2.38. The first-order valence-corrected chi connectivity index (χ1v) is 6.62. The second kappa shape index (κ2) is 5.66. The molecule has 0 spiro atoms. The van der Waals surface area contributed by atoms with E-state index in [1.165, 1.54) is 0 Å². The van der Waals surface area contributed by atoms with Gasteiger partial charge in [-0.25, -0.2) is 4.79 Å². The summed E-state index contributed by atoms with van der Waals surface area (Å²) in [5.41, 5.74) is 2.87. The van der Waals surface area contributed by atoms with Crippen molar-refractivity contribution in [2.24, 2.45) is 0 Å². The van der Waals surface area contributed by atoms with Gasteiger partial charge in [0.1, 0.15) is 12.6 Å². The Labute approximate surface area is 121 Å². The van der Waals surface area contributed by atoms with Gasteiger partial charge in [0.05, 0.1) is 0 Å². The Bertz CT molecular complexity index is 653. The number of amides is 2. The normalized spacial score (nSPS) is 17.0. The lowest BCUT2D eigenvalue weighted by atomic mass is 10.1. The molecule has 1 saturated heterocycles. The molecule has 1 fully saturated rings. The van der Waals surface area contributed by atoms with Gasteiger partial charge < -0.3 is 15.4 Å². The number of ether oxygens (including phenoxy) is 1. The van der Waals surface area contributed by atoms with Crippen molar-refractivity contribution >= 4 is 17.7 Å². The Hall–Kier alpha value is -2.82. The molecule has 2 aromatic rings. The van der Waals surface area contributed by atoms with Gasteiger partial charge in [0.2, 0.25) is 0 Å². The van der Waals surface area contributed by atoms with E-state index in [4.69, 9.17) is 4.74 Å². The first kappa shape index (κ1) is 13.2. The second-order valence-electron chi connectivity index (χ2n) is 4.73. The average Bonchev–Trinajstić information content (AvgIpc) is 2.96. The number of hydrogen-bond acceptors (Lipinski definition) is 3. The number of cyclic esters (lactones) is 1. The van der Waals surface area contributed by atoms with E-state index in [0.717, 1.165) is 11.1 Å². The summed E-state index contributed by atoms with van der Waals surface area (Å²) in [4.78, 5) is 22.8. The van der Waals surface area contributed by atoms with E-state index in [2.05, 4.69) is 10.6 Å². The standard InChI is InChI=1S/C16H14N2O3/c19-15(14-10-21-16(20)18-14)17-13-8-6-12(7-9-13)11-4-2-1-3-5-11/h1-9,14H,10H2,(H,17,19)(H,18,20)/t14-/m1/s1. The van der Waals surface area contributed by atoms with Gasteiger partial charge in [0.15, 0.2) is 0 Å². The number of anilines is 1. The fourth-order valence-corrected chi connectivity index (χ4v) is 2.13. The van der Waals surface area contributed by atoms with Gasteiger partial charge in [-0.2, -0.15) is 0 Å². The van der Waals surface area contributed by atoms with Crippen LogP contribution < -0.4 is 10.6 Å². The molecular weight excluding hydrogens is 268 g/mol. The minimum Gasteiger partial charge on any atom is -0.447 e. The minimum absolute atomic E-state index is 0.0623. The number of carbonyl (C=O) groups excluding carboxylic acids is 2.